The molecule has 15 heavy (non-hydrogen) atoms. The Morgan fingerprint density at radius 1 is 1.40 bits per heavy atom. The number of hydrogen-bond acceptors (Lipinski definition) is 2. The summed E-state index contributed by atoms with van der Waals surface area (Å²) in [6, 6.07) is 2.16. The molecule has 2 aliphatic heterocycles. The summed E-state index contributed by atoms with van der Waals surface area (Å²) in [5.41, 5.74) is 2.18. The lowest BCUT2D eigenvalue weighted by Crippen LogP contribution is -2.45. The third kappa shape index (κ3) is 0.893. The van der Waals surface area contributed by atoms with Crippen molar-refractivity contribution in [1.82, 2.24) is 0 Å². The maximum atomic E-state index is 12.4. The van der Waals surface area contributed by atoms with Crippen LogP contribution in [0.2, 0.25) is 0 Å². The Morgan fingerprint density at radius 2 is 1.93 bits per heavy atom. The van der Waals surface area contributed by atoms with E-state index in [0.29, 0.717) is 6.42 Å². The smallest absolute Gasteiger partial charge is 0.153 e. The molecule has 1 fully saturated rings. The van der Waals surface area contributed by atoms with Crippen molar-refractivity contribution in [2.75, 3.05) is 0 Å². The lowest BCUT2D eigenvalue weighted by atomic mass is 9.72. The normalized spacial score (nSPS) is 53.5. The number of halogens is 1. The molecule has 2 aliphatic rings. The van der Waals surface area contributed by atoms with E-state index < -0.39 is 25.2 Å². The van der Waals surface area contributed by atoms with Gasteiger partial charge in [-0.2, -0.15) is 5.26 Å². The second kappa shape index (κ2) is 2.67. The Labute approximate surface area is 97.8 Å². The lowest BCUT2D eigenvalue weighted by Gasteiger charge is -2.34. The Balaban J connectivity index is 2.77. The molecule has 2 unspecified atom stereocenters. The van der Waals surface area contributed by atoms with Gasteiger partial charge in [0.05, 0.1) is 15.6 Å². The standard InChI is InChI=1S/C11H14ClNOS/c1-7-8(2)10(4)11(12,6-13)5-9(7,3)15(10)14/h5H2,1-4H3/t9-,10-,11?,15?/m1/s1. The van der Waals surface area contributed by atoms with Crippen LogP contribution in [0.4, 0.5) is 0 Å². The summed E-state index contributed by atoms with van der Waals surface area (Å²) < 4.78 is 11.4. The monoisotopic (exact) mass is 243 g/mol. The van der Waals surface area contributed by atoms with Gasteiger partial charge in [-0.05, 0) is 27.7 Å². The molecule has 2 rings (SSSR count). The highest BCUT2D eigenvalue weighted by Gasteiger charge is 2.71. The zero-order valence-corrected chi connectivity index (χ0v) is 10.9. The Bertz CT molecular complexity index is 452. The minimum atomic E-state index is -1.09. The van der Waals surface area contributed by atoms with Gasteiger partial charge in [0.15, 0.2) is 4.87 Å². The number of hydrogen-bond donors (Lipinski definition) is 0. The Hall–Kier alpha value is -0.330. The molecule has 2 bridgehead atoms. The van der Waals surface area contributed by atoms with Crippen molar-refractivity contribution >= 4 is 22.4 Å². The number of alkyl halides is 1. The summed E-state index contributed by atoms with van der Waals surface area (Å²) in [6.07, 6.45) is 0.490. The fourth-order valence-electron chi connectivity index (χ4n) is 2.91. The van der Waals surface area contributed by atoms with Crippen LogP contribution in [0.5, 0.6) is 0 Å². The zero-order valence-electron chi connectivity index (χ0n) is 9.35. The number of nitrogens with zero attached hydrogens (tertiary/aromatic N) is 1. The minimum Gasteiger partial charge on any atom is -0.258 e. The first-order valence-electron chi connectivity index (χ1n) is 4.94. The van der Waals surface area contributed by atoms with Crippen LogP contribution in [0.25, 0.3) is 0 Å². The maximum absolute atomic E-state index is 12.4. The fourth-order valence-corrected chi connectivity index (χ4v) is 6.13. The molecule has 4 heteroatoms. The first kappa shape index (κ1) is 11.2. The predicted octanol–water partition coefficient (Wildman–Crippen LogP) is 2.51. The molecule has 0 aromatic carbocycles. The topological polar surface area (TPSA) is 40.9 Å². The minimum absolute atomic E-state index is 0.406. The van der Waals surface area contributed by atoms with Crippen LogP contribution in [0.15, 0.2) is 11.1 Å². The maximum Gasteiger partial charge on any atom is 0.153 e. The van der Waals surface area contributed by atoms with Gasteiger partial charge in [0, 0.05) is 17.2 Å². The van der Waals surface area contributed by atoms with E-state index in [4.69, 9.17) is 11.6 Å². The van der Waals surface area contributed by atoms with E-state index >= 15 is 0 Å². The van der Waals surface area contributed by atoms with Crippen LogP contribution in [0.3, 0.4) is 0 Å². The third-order valence-electron chi connectivity index (χ3n) is 4.37. The van der Waals surface area contributed by atoms with Crippen LogP contribution in [0, 0.1) is 11.3 Å². The van der Waals surface area contributed by atoms with Crippen LogP contribution >= 0.6 is 11.6 Å². The van der Waals surface area contributed by atoms with Gasteiger partial charge in [-0.1, -0.05) is 11.1 Å². The first-order chi connectivity index (χ1) is 6.74. The van der Waals surface area contributed by atoms with Crippen molar-refractivity contribution in [1.29, 1.82) is 5.26 Å². The first-order valence-corrected chi connectivity index (χ1v) is 6.47. The molecule has 2 heterocycles. The lowest BCUT2D eigenvalue weighted by molar-refractivity contribution is 0.503. The summed E-state index contributed by atoms with van der Waals surface area (Å²) in [4.78, 5) is -1.00. The van der Waals surface area contributed by atoms with Gasteiger partial charge >= 0.3 is 0 Å². The summed E-state index contributed by atoms with van der Waals surface area (Å²) >= 11 is 6.35. The van der Waals surface area contributed by atoms with Crippen LogP contribution in [0.1, 0.15) is 34.1 Å². The summed E-state index contributed by atoms with van der Waals surface area (Å²) in [5.74, 6) is 0. The molecule has 4 atom stereocenters. The second-order valence-corrected chi connectivity index (χ2v) is 7.77. The molecule has 0 aromatic rings. The predicted molar refractivity (Wildman–Crippen MR) is 62.1 cm³/mol. The van der Waals surface area contributed by atoms with Crippen LogP contribution in [-0.4, -0.2) is 18.6 Å². The average molecular weight is 244 g/mol. The molecule has 0 spiro atoms. The van der Waals surface area contributed by atoms with Gasteiger partial charge in [0.1, 0.15) is 0 Å². The van der Waals surface area contributed by atoms with E-state index in [9.17, 15) is 9.47 Å². The van der Waals surface area contributed by atoms with E-state index in [2.05, 4.69) is 6.07 Å². The average Bonchev–Trinajstić information content (AvgIpc) is 2.43. The summed E-state index contributed by atoms with van der Waals surface area (Å²) in [7, 11) is -1.09. The molecule has 0 amide bonds. The molecule has 1 saturated heterocycles. The SMILES string of the molecule is CC1=C(C)[C@@]2(C)CC(Cl)(C#N)[C@]1(C)S2=O. The molecule has 0 N–H and O–H groups in total. The molecular formula is C11H14ClNOS. The largest absolute Gasteiger partial charge is 0.258 e. The highest BCUT2D eigenvalue weighted by atomic mass is 35.5. The number of rotatable bonds is 0. The quantitative estimate of drug-likeness (QED) is 0.485. The molecule has 0 aromatic heterocycles. The van der Waals surface area contributed by atoms with E-state index in [1.807, 2.05) is 27.7 Å². The van der Waals surface area contributed by atoms with Gasteiger partial charge in [-0.15, -0.1) is 11.6 Å². The van der Waals surface area contributed by atoms with Crippen LogP contribution < -0.4 is 0 Å². The molecule has 0 radical (unpaired) electrons. The summed E-state index contributed by atoms with van der Waals surface area (Å²) in [6.45, 7) is 7.77. The van der Waals surface area contributed by atoms with E-state index in [0.717, 1.165) is 11.1 Å². The van der Waals surface area contributed by atoms with Crippen molar-refractivity contribution in [3.8, 4) is 6.07 Å². The van der Waals surface area contributed by atoms with Gasteiger partial charge in [0.25, 0.3) is 0 Å². The van der Waals surface area contributed by atoms with Gasteiger partial charge in [-0.3, -0.25) is 4.21 Å². The molecule has 0 aliphatic carbocycles. The van der Waals surface area contributed by atoms with Crippen LogP contribution in [-0.2, 0) is 10.8 Å². The zero-order chi connectivity index (χ0) is 11.6. The number of fused-ring (bicyclic) bond motifs is 2. The molecule has 2 nitrogen and oxygen atoms in total. The summed E-state index contributed by atoms with van der Waals surface area (Å²) in [5, 5.41) is 9.21. The number of nitriles is 1. The van der Waals surface area contributed by atoms with Gasteiger partial charge in [-0.25, -0.2) is 0 Å². The van der Waals surface area contributed by atoms with Crippen molar-refractivity contribution in [2.45, 2.75) is 48.5 Å². The van der Waals surface area contributed by atoms with Crippen molar-refractivity contribution in [2.24, 2.45) is 0 Å². The van der Waals surface area contributed by atoms with Gasteiger partial charge < -0.3 is 0 Å². The van der Waals surface area contributed by atoms with E-state index in [1.54, 1.807) is 0 Å². The van der Waals surface area contributed by atoms with E-state index in [-0.39, 0.29) is 0 Å². The Morgan fingerprint density at radius 3 is 2.27 bits per heavy atom. The van der Waals surface area contributed by atoms with Crippen molar-refractivity contribution in [3.63, 3.8) is 0 Å². The highest BCUT2D eigenvalue weighted by molar-refractivity contribution is 7.89. The molecular weight excluding hydrogens is 230 g/mol. The third-order valence-corrected chi connectivity index (χ3v) is 7.74. The molecule has 0 saturated carbocycles. The van der Waals surface area contributed by atoms with Crippen molar-refractivity contribution < 1.29 is 4.21 Å². The fraction of sp³-hybridized carbons (Fsp3) is 0.727. The second-order valence-electron chi connectivity index (χ2n) is 4.87. The van der Waals surface area contributed by atoms with Crippen molar-refractivity contribution in [3.05, 3.63) is 11.1 Å². The van der Waals surface area contributed by atoms with Gasteiger partial charge in [0.2, 0.25) is 0 Å². The van der Waals surface area contributed by atoms with E-state index in [1.165, 1.54) is 0 Å². The highest BCUT2D eigenvalue weighted by Crippen LogP contribution is 2.63. The molecule has 82 valence electrons. The Kier molecular flexibility index (Phi) is 1.99.